The molecule has 0 aliphatic carbocycles. The molecule has 1 aromatic carbocycles. The monoisotopic (exact) mass is 252 g/mol. The molecule has 0 radical (unpaired) electrons. The van der Waals surface area contributed by atoms with Gasteiger partial charge >= 0.3 is 0 Å². The second-order valence-corrected chi connectivity index (χ2v) is 4.77. The molecule has 4 heteroatoms. The Morgan fingerprint density at radius 1 is 1.39 bits per heavy atom. The van der Waals surface area contributed by atoms with Crippen molar-refractivity contribution in [2.24, 2.45) is 0 Å². The number of benzene rings is 1. The van der Waals surface area contributed by atoms with Crippen molar-refractivity contribution in [3.8, 4) is 0 Å². The molecule has 1 fully saturated rings. The lowest BCUT2D eigenvalue weighted by Gasteiger charge is -2.33. The smallest absolute Gasteiger partial charge is 0.123 e. The number of hydrogen-bond donors (Lipinski definition) is 2. The molecule has 1 aliphatic heterocycles. The minimum Gasteiger partial charge on any atom is -0.393 e. The van der Waals surface area contributed by atoms with Crippen molar-refractivity contribution in [2.75, 3.05) is 24.5 Å². The third-order valence-corrected chi connectivity index (χ3v) is 3.41. The normalized spacial score (nSPS) is 17.2. The van der Waals surface area contributed by atoms with E-state index in [-0.39, 0.29) is 11.9 Å². The van der Waals surface area contributed by atoms with Gasteiger partial charge in [-0.3, -0.25) is 0 Å². The summed E-state index contributed by atoms with van der Waals surface area (Å²) in [4.78, 5) is 2.23. The molecule has 1 aromatic rings. The molecule has 0 amide bonds. The van der Waals surface area contributed by atoms with Crippen molar-refractivity contribution in [3.05, 3.63) is 29.6 Å². The van der Waals surface area contributed by atoms with Crippen LogP contribution in [0.5, 0.6) is 0 Å². The summed E-state index contributed by atoms with van der Waals surface area (Å²) in [5, 5.41) is 12.8. The minimum absolute atomic E-state index is 0.182. The predicted molar refractivity (Wildman–Crippen MR) is 71.2 cm³/mol. The number of aliphatic hydroxyl groups excluding tert-OH is 1. The predicted octanol–water partition coefficient (Wildman–Crippen LogP) is 1.90. The summed E-state index contributed by atoms with van der Waals surface area (Å²) in [5.41, 5.74) is 2.08. The first-order valence-corrected chi connectivity index (χ1v) is 6.63. The summed E-state index contributed by atoms with van der Waals surface area (Å²) in [6.07, 6.45) is 1.40. The van der Waals surface area contributed by atoms with Crippen molar-refractivity contribution in [2.45, 2.75) is 32.4 Å². The van der Waals surface area contributed by atoms with E-state index < -0.39 is 0 Å². The van der Waals surface area contributed by atoms with E-state index in [4.69, 9.17) is 0 Å². The molecule has 0 spiro atoms. The van der Waals surface area contributed by atoms with E-state index in [1.54, 1.807) is 6.07 Å². The van der Waals surface area contributed by atoms with Gasteiger partial charge in [-0.05, 0) is 43.1 Å². The van der Waals surface area contributed by atoms with Crippen LogP contribution in [0.25, 0.3) is 0 Å². The lowest BCUT2D eigenvalue weighted by molar-refractivity contribution is 0.145. The molecule has 2 N–H and O–H groups in total. The molecule has 0 unspecified atom stereocenters. The van der Waals surface area contributed by atoms with Crippen molar-refractivity contribution >= 4 is 5.69 Å². The lowest BCUT2D eigenvalue weighted by atomic mass is 10.0. The zero-order chi connectivity index (χ0) is 13.0. The largest absolute Gasteiger partial charge is 0.393 e. The fourth-order valence-electron chi connectivity index (χ4n) is 2.37. The zero-order valence-electron chi connectivity index (χ0n) is 10.8. The van der Waals surface area contributed by atoms with Gasteiger partial charge in [0.05, 0.1) is 6.10 Å². The van der Waals surface area contributed by atoms with Gasteiger partial charge in [0.25, 0.3) is 0 Å². The van der Waals surface area contributed by atoms with E-state index in [0.717, 1.165) is 43.7 Å². The fraction of sp³-hybridized carbons (Fsp3) is 0.571. The first kappa shape index (κ1) is 13.3. The summed E-state index contributed by atoms with van der Waals surface area (Å²) in [7, 11) is 0. The zero-order valence-corrected chi connectivity index (χ0v) is 10.8. The van der Waals surface area contributed by atoms with E-state index in [9.17, 15) is 9.50 Å². The van der Waals surface area contributed by atoms with Gasteiger partial charge in [0.15, 0.2) is 0 Å². The van der Waals surface area contributed by atoms with Crippen molar-refractivity contribution in [3.63, 3.8) is 0 Å². The topological polar surface area (TPSA) is 35.5 Å². The number of piperidine rings is 1. The van der Waals surface area contributed by atoms with Crippen LogP contribution in [0.15, 0.2) is 18.2 Å². The van der Waals surface area contributed by atoms with Crippen LogP contribution < -0.4 is 10.2 Å². The highest BCUT2D eigenvalue weighted by Crippen LogP contribution is 2.25. The SMILES string of the molecule is CCNCc1cc(F)ccc1N1CCC(O)CC1. The van der Waals surface area contributed by atoms with E-state index in [1.807, 2.05) is 13.0 Å². The lowest BCUT2D eigenvalue weighted by Crippen LogP contribution is -2.36. The Hall–Kier alpha value is -1.13. The molecule has 0 saturated carbocycles. The highest BCUT2D eigenvalue weighted by molar-refractivity contribution is 5.54. The standard InChI is InChI=1S/C14H21FN2O/c1-2-16-10-11-9-12(15)3-4-14(11)17-7-5-13(18)6-8-17/h3-4,9,13,16,18H,2,5-8,10H2,1H3. The molecule has 1 aliphatic rings. The summed E-state index contributed by atoms with van der Waals surface area (Å²) in [6, 6.07) is 4.96. The second-order valence-electron chi connectivity index (χ2n) is 4.77. The highest BCUT2D eigenvalue weighted by atomic mass is 19.1. The Balaban J connectivity index is 2.15. The summed E-state index contributed by atoms with van der Waals surface area (Å²) < 4.78 is 13.3. The van der Waals surface area contributed by atoms with Gasteiger partial charge in [-0.25, -0.2) is 4.39 Å². The minimum atomic E-state index is -0.191. The Kier molecular flexibility index (Phi) is 4.55. The number of rotatable bonds is 4. The average Bonchev–Trinajstić information content (AvgIpc) is 2.38. The van der Waals surface area contributed by atoms with Crippen LogP contribution in [0.4, 0.5) is 10.1 Å². The van der Waals surface area contributed by atoms with Gasteiger partial charge in [0.1, 0.15) is 5.82 Å². The molecule has 0 bridgehead atoms. The molecule has 1 heterocycles. The van der Waals surface area contributed by atoms with Gasteiger partial charge in [-0.2, -0.15) is 0 Å². The second kappa shape index (κ2) is 6.16. The maximum absolute atomic E-state index is 13.3. The van der Waals surface area contributed by atoms with Gasteiger partial charge in [-0.15, -0.1) is 0 Å². The molecular formula is C14H21FN2O. The Bertz CT molecular complexity index is 389. The molecule has 0 aromatic heterocycles. The van der Waals surface area contributed by atoms with Gasteiger partial charge in [0.2, 0.25) is 0 Å². The van der Waals surface area contributed by atoms with Crippen LogP contribution in [0.1, 0.15) is 25.3 Å². The molecular weight excluding hydrogens is 231 g/mol. The number of hydrogen-bond acceptors (Lipinski definition) is 3. The van der Waals surface area contributed by atoms with E-state index in [1.165, 1.54) is 6.07 Å². The third-order valence-electron chi connectivity index (χ3n) is 3.41. The third kappa shape index (κ3) is 3.21. The molecule has 3 nitrogen and oxygen atoms in total. The Morgan fingerprint density at radius 2 is 2.11 bits per heavy atom. The summed E-state index contributed by atoms with van der Waals surface area (Å²) >= 11 is 0. The van der Waals surface area contributed by atoms with Gasteiger partial charge in [-0.1, -0.05) is 6.92 Å². The maximum Gasteiger partial charge on any atom is 0.123 e. The van der Waals surface area contributed by atoms with E-state index >= 15 is 0 Å². The van der Waals surface area contributed by atoms with Crippen LogP contribution in [0.3, 0.4) is 0 Å². The first-order valence-electron chi connectivity index (χ1n) is 6.63. The average molecular weight is 252 g/mol. The molecule has 2 rings (SSSR count). The molecule has 1 saturated heterocycles. The van der Waals surface area contributed by atoms with Crippen LogP contribution >= 0.6 is 0 Å². The quantitative estimate of drug-likeness (QED) is 0.859. The molecule has 0 atom stereocenters. The number of nitrogens with one attached hydrogen (secondary N) is 1. The van der Waals surface area contributed by atoms with E-state index in [2.05, 4.69) is 10.2 Å². The molecule has 100 valence electrons. The van der Waals surface area contributed by atoms with Crippen LogP contribution in [0, 0.1) is 5.82 Å². The summed E-state index contributed by atoms with van der Waals surface area (Å²) in [6.45, 7) is 5.27. The van der Waals surface area contributed by atoms with Gasteiger partial charge < -0.3 is 15.3 Å². The van der Waals surface area contributed by atoms with Crippen LogP contribution in [-0.4, -0.2) is 30.8 Å². The number of nitrogens with zero attached hydrogens (tertiary/aromatic N) is 1. The molecule has 18 heavy (non-hydrogen) atoms. The number of aliphatic hydroxyl groups is 1. The van der Waals surface area contributed by atoms with E-state index in [0.29, 0.717) is 6.54 Å². The van der Waals surface area contributed by atoms with Crippen molar-refractivity contribution < 1.29 is 9.50 Å². The maximum atomic E-state index is 13.3. The van der Waals surface area contributed by atoms with Crippen molar-refractivity contribution in [1.29, 1.82) is 0 Å². The first-order chi connectivity index (χ1) is 8.70. The number of halogens is 1. The Labute approximate surface area is 108 Å². The fourth-order valence-corrected chi connectivity index (χ4v) is 2.37. The van der Waals surface area contributed by atoms with Crippen LogP contribution in [0.2, 0.25) is 0 Å². The van der Waals surface area contributed by atoms with Gasteiger partial charge in [0, 0.05) is 25.3 Å². The van der Waals surface area contributed by atoms with Crippen molar-refractivity contribution in [1.82, 2.24) is 5.32 Å². The Morgan fingerprint density at radius 3 is 2.78 bits per heavy atom. The number of anilines is 1. The highest BCUT2D eigenvalue weighted by Gasteiger charge is 2.19. The summed E-state index contributed by atoms with van der Waals surface area (Å²) in [5.74, 6) is -0.191. The van der Waals surface area contributed by atoms with Crippen LogP contribution in [-0.2, 0) is 6.54 Å².